The van der Waals surface area contributed by atoms with Crippen LogP contribution in [0.4, 0.5) is 0 Å². The average molecular weight is 566 g/mol. The molecule has 0 saturated carbocycles. The summed E-state index contributed by atoms with van der Waals surface area (Å²) in [5.41, 5.74) is -1.10. The van der Waals surface area contributed by atoms with Crippen LogP contribution in [0.15, 0.2) is 39.5 Å². The number of fused-ring (bicyclic) bond motifs is 1. The van der Waals surface area contributed by atoms with E-state index in [4.69, 9.17) is 23.4 Å². The van der Waals surface area contributed by atoms with Crippen molar-refractivity contribution in [2.75, 3.05) is 13.2 Å². The number of hydrogen-bond acceptors (Lipinski definition) is 15. The van der Waals surface area contributed by atoms with Crippen molar-refractivity contribution < 1.29 is 69.3 Å². The molecule has 0 amide bonds. The number of aliphatic hydroxyl groups is 6. The van der Waals surface area contributed by atoms with E-state index >= 15 is 0 Å². The number of aliphatic hydroxyl groups excluding tert-OH is 6. The number of aromatic hydroxyl groups is 3. The largest absolute Gasteiger partial charge is 0.508 e. The molecule has 2 saturated heterocycles. The highest BCUT2D eigenvalue weighted by atomic mass is 16.7. The quantitative estimate of drug-likeness (QED) is 0.165. The molecule has 2 aliphatic rings. The molecular weight excluding hydrogens is 540 g/mol. The van der Waals surface area contributed by atoms with Gasteiger partial charge in [0.2, 0.25) is 29.8 Å². The highest BCUT2D eigenvalue weighted by molar-refractivity contribution is 5.95. The predicted octanol–water partition coefficient (Wildman–Crippen LogP) is -1.79. The third-order valence-electron chi connectivity index (χ3n) is 6.56. The molecule has 0 unspecified atom stereocenters. The maximum atomic E-state index is 13.2. The summed E-state index contributed by atoms with van der Waals surface area (Å²) in [5, 5.41) is 91.2. The van der Waals surface area contributed by atoms with E-state index in [1.54, 1.807) is 0 Å². The number of rotatable bonds is 5. The summed E-state index contributed by atoms with van der Waals surface area (Å²) in [6.07, 6.45) is -13.5. The van der Waals surface area contributed by atoms with Crippen molar-refractivity contribution in [3.05, 3.63) is 40.6 Å². The van der Waals surface area contributed by atoms with Gasteiger partial charge in [0, 0.05) is 11.6 Å². The smallest absolute Gasteiger partial charge is 0.229 e. The maximum Gasteiger partial charge on any atom is 0.229 e. The summed E-state index contributed by atoms with van der Waals surface area (Å²) >= 11 is 0. The topological polar surface area (TPSA) is 249 Å². The average Bonchev–Trinajstić information content (AvgIpc) is 2.93. The normalized spacial score (nSPS) is 30.8. The number of hydrogen-bond donors (Lipinski definition) is 9. The van der Waals surface area contributed by atoms with Crippen LogP contribution in [-0.2, 0) is 9.47 Å². The zero-order chi connectivity index (χ0) is 28.9. The molecular formula is C25H26O15. The van der Waals surface area contributed by atoms with E-state index in [1.165, 1.54) is 24.3 Å². The van der Waals surface area contributed by atoms with Crippen LogP contribution in [-0.4, -0.2) is 108 Å². The minimum absolute atomic E-state index is 0.0677. The summed E-state index contributed by atoms with van der Waals surface area (Å²) < 4.78 is 27.2. The molecule has 9 N–H and O–H groups in total. The molecule has 0 bridgehead atoms. The van der Waals surface area contributed by atoms with Gasteiger partial charge in [-0.15, -0.1) is 0 Å². The summed E-state index contributed by atoms with van der Waals surface area (Å²) in [6, 6.07) is 6.48. The van der Waals surface area contributed by atoms with Crippen LogP contribution < -0.4 is 14.9 Å². The van der Waals surface area contributed by atoms with Crippen molar-refractivity contribution in [1.29, 1.82) is 0 Å². The Morgan fingerprint density at radius 2 is 1.23 bits per heavy atom. The van der Waals surface area contributed by atoms with Gasteiger partial charge in [0.1, 0.15) is 53.5 Å². The first-order chi connectivity index (χ1) is 19.0. The summed E-state index contributed by atoms with van der Waals surface area (Å²) in [5.74, 6) is -3.71. The van der Waals surface area contributed by atoms with Crippen molar-refractivity contribution >= 4 is 11.0 Å². The first-order valence-electron chi connectivity index (χ1n) is 12.0. The number of phenolic OH excluding ortho intramolecular Hbond substituents is 3. The molecule has 0 radical (unpaired) electrons. The Hall–Kier alpha value is -3.67. The lowest BCUT2D eigenvalue weighted by molar-refractivity contribution is -0.243. The molecule has 40 heavy (non-hydrogen) atoms. The Balaban J connectivity index is 1.66. The van der Waals surface area contributed by atoms with Gasteiger partial charge in [-0.25, -0.2) is 0 Å². The Kier molecular flexibility index (Phi) is 7.47. The second kappa shape index (κ2) is 10.7. The van der Waals surface area contributed by atoms with Gasteiger partial charge in [0.15, 0.2) is 16.8 Å². The molecule has 5 rings (SSSR count). The van der Waals surface area contributed by atoms with Crippen molar-refractivity contribution in [3.8, 4) is 40.1 Å². The molecule has 2 aromatic carbocycles. The van der Waals surface area contributed by atoms with Crippen LogP contribution in [0.3, 0.4) is 0 Å². The molecule has 216 valence electrons. The van der Waals surface area contributed by atoms with Crippen LogP contribution in [0.25, 0.3) is 22.3 Å². The van der Waals surface area contributed by atoms with Crippen LogP contribution in [0.5, 0.6) is 28.7 Å². The minimum atomic E-state index is -1.85. The van der Waals surface area contributed by atoms with E-state index in [2.05, 4.69) is 0 Å². The fourth-order valence-corrected chi connectivity index (χ4v) is 4.30. The molecule has 15 heteroatoms. The van der Waals surface area contributed by atoms with E-state index in [0.29, 0.717) is 5.56 Å². The lowest BCUT2D eigenvalue weighted by Crippen LogP contribution is -2.55. The lowest BCUT2D eigenvalue weighted by atomic mass is 10.1. The van der Waals surface area contributed by atoms with Gasteiger partial charge in [-0.05, 0) is 24.3 Å². The predicted molar refractivity (Wildman–Crippen MR) is 130 cm³/mol. The van der Waals surface area contributed by atoms with Gasteiger partial charge in [0.25, 0.3) is 0 Å². The molecule has 3 heterocycles. The van der Waals surface area contributed by atoms with Crippen molar-refractivity contribution in [1.82, 2.24) is 0 Å². The molecule has 1 aromatic heterocycles. The third-order valence-corrected chi connectivity index (χ3v) is 6.56. The minimum Gasteiger partial charge on any atom is -0.508 e. The second-order valence-electron chi connectivity index (χ2n) is 9.32. The van der Waals surface area contributed by atoms with E-state index in [0.717, 1.165) is 6.07 Å². The van der Waals surface area contributed by atoms with Crippen molar-refractivity contribution in [3.63, 3.8) is 0 Å². The van der Waals surface area contributed by atoms with Crippen LogP contribution in [0.1, 0.15) is 0 Å². The standard InChI is InChI=1S/C25H26O15/c26-9-3-1-8(2-4-9)13-5-10(27)14-17(32)22(39-24-18(33)15(30)11(28)6-36-24)20(35)23(21(14)38-13)40-25-19(34)16(31)12(29)7-37-25/h1-5,11-12,15-16,18-19,24-26,28-35H,6-7H2/t11-,12-,15-,16-,18+,19+,24+,25+/m1/s1. The SMILES string of the molecule is O=c1cc(-c2ccc(O)cc2)oc2c(O[C@@H]3OC[C@@H](O)[C@@H](O)[C@@H]3O)c(O)c(O[C@@H]3OC[C@@H](O)[C@@H](O)[C@@H]3O)c(O)c12. The Bertz CT molecular complexity index is 1440. The third kappa shape index (κ3) is 4.89. The highest BCUT2D eigenvalue weighted by Gasteiger charge is 2.42. The van der Waals surface area contributed by atoms with Crippen molar-refractivity contribution in [2.45, 2.75) is 49.2 Å². The zero-order valence-corrected chi connectivity index (χ0v) is 20.4. The van der Waals surface area contributed by atoms with Gasteiger partial charge in [-0.2, -0.15) is 0 Å². The Morgan fingerprint density at radius 1 is 0.700 bits per heavy atom. The van der Waals surface area contributed by atoms with Gasteiger partial charge in [0.05, 0.1) is 13.2 Å². The maximum absolute atomic E-state index is 13.2. The molecule has 15 nitrogen and oxygen atoms in total. The van der Waals surface area contributed by atoms with E-state index in [1.807, 2.05) is 0 Å². The molecule has 3 aromatic rings. The fraction of sp³-hybridized carbons (Fsp3) is 0.400. The molecule has 2 aliphatic heterocycles. The molecule has 2 fully saturated rings. The zero-order valence-electron chi connectivity index (χ0n) is 20.4. The van der Waals surface area contributed by atoms with E-state index < -0.39 is 102 Å². The van der Waals surface area contributed by atoms with E-state index in [-0.39, 0.29) is 11.5 Å². The highest BCUT2D eigenvalue weighted by Crippen LogP contribution is 2.51. The van der Waals surface area contributed by atoms with Gasteiger partial charge in [-0.1, -0.05) is 0 Å². The number of benzene rings is 2. The summed E-state index contributed by atoms with van der Waals surface area (Å²) in [6.45, 7) is -0.962. The van der Waals surface area contributed by atoms with Gasteiger partial charge >= 0.3 is 0 Å². The summed E-state index contributed by atoms with van der Waals surface area (Å²) in [4.78, 5) is 13.2. The molecule has 8 atom stereocenters. The van der Waals surface area contributed by atoms with Crippen molar-refractivity contribution in [2.24, 2.45) is 0 Å². The molecule has 0 aliphatic carbocycles. The van der Waals surface area contributed by atoms with E-state index in [9.17, 15) is 50.8 Å². The lowest BCUT2D eigenvalue weighted by Gasteiger charge is -2.36. The fourth-order valence-electron chi connectivity index (χ4n) is 4.30. The van der Waals surface area contributed by atoms with Gasteiger partial charge < -0.3 is 69.3 Å². The molecule has 0 spiro atoms. The first kappa shape index (κ1) is 27.9. The summed E-state index contributed by atoms with van der Waals surface area (Å²) in [7, 11) is 0. The van der Waals surface area contributed by atoms with Gasteiger partial charge in [-0.3, -0.25) is 4.79 Å². The Labute approximate surface area is 223 Å². The van der Waals surface area contributed by atoms with Crippen LogP contribution >= 0.6 is 0 Å². The number of phenols is 3. The second-order valence-corrected chi connectivity index (χ2v) is 9.32. The monoisotopic (exact) mass is 566 g/mol. The first-order valence-corrected chi connectivity index (χ1v) is 12.0. The van der Waals surface area contributed by atoms with Crippen LogP contribution in [0.2, 0.25) is 0 Å². The number of ether oxygens (including phenoxy) is 4. The van der Waals surface area contributed by atoms with Crippen LogP contribution in [0, 0.1) is 0 Å². The Morgan fingerprint density at radius 3 is 1.77 bits per heavy atom.